The van der Waals surface area contributed by atoms with Gasteiger partial charge in [0.05, 0.1) is 5.69 Å². The number of aromatic nitrogens is 1. The first-order chi connectivity index (χ1) is 7.83. The summed E-state index contributed by atoms with van der Waals surface area (Å²) in [5, 5.41) is 3.40. The highest BCUT2D eigenvalue weighted by atomic mass is 16.5. The van der Waals surface area contributed by atoms with E-state index in [4.69, 9.17) is 4.74 Å². The molecule has 0 unspecified atom stereocenters. The molecule has 0 aliphatic rings. The van der Waals surface area contributed by atoms with Gasteiger partial charge in [-0.25, -0.2) is 0 Å². The van der Waals surface area contributed by atoms with Crippen LogP contribution in [0.3, 0.4) is 0 Å². The number of aryl methyl sites for hydroxylation is 1. The Morgan fingerprint density at radius 2 is 2.12 bits per heavy atom. The molecule has 0 aliphatic carbocycles. The molecular formula is C13H22N2O. The predicted octanol–water partition coefficient (Wildman–Crippen LogP) is 2.30. The molecule has 0 saturated heterocycles. The maximum atomic E-state index is 5.00. The number of nitrogens with one attached hydrogen (secondary N) is 1. The van der Waals surface area contributed by atoms with Crippen molar-refractivity contribution in [2.45, 2.75) is 32.7 Å². The van der Waals surface area contributed by atoms with Gasteiger partial charge in [0.2, 0.25) is 0 Å². The van der Waals surface area contributed by atoms with E-state index in [2.05, 4.69) is 22.4 Å². The van der Waals surface area contributed by atoms with Crippen molar-refractivity contribution in [3.8, 4) is 0 Å². The fourth-order valence-electron chi connectivity index (χ4n) is 1.59. The Morgan fingerprint density at radius 3 is 2.88 bits per heavy atom. The second kappa shape index (κ2) is 8.25. The second-order valence-corrected chi connectivity index (χ2v) is 4.00. The fraction of sp³-hybridized carbons (Fsp3) is 0.615. The standard InChI is InChI=1S/C13H22N2O/c1-12-7-6-8-13(15-12)11-14-9-4-3-5-10-16-2/h6-8,14H,3-5,9-11H2,1-2H3. The normalized spacial score (nSPS) is 10.6. The molecule has 90 valence electrons. The zero-order valence-electron chi connectivity index (χ0n) is 10.3. The van der Waals surface area contributed by atoms with Gasteiger partial charge in [-0.05, 0) is 44.9 Å². The molecule has 0 atom stereocenters. The van der Waals surface area contributed by atoms with Crippen LogP contribution in [0.5, 0.6) is 0 Å². The molecule has 0 amide bonds. The highest BCUT2D eigenvalue weighted by molar-refractivity contribution is 5.09. The first-order valence-electron chi connectivity index (χ1n) is 5.95. The van der Waals surface area contributed by atoms with E-state index in [1.54, 1.807) is 7.11 Å². The Bertz CT molecular complexity index is 289. The van der Waals surface area contributed by atoms with E-state index in [9.17, 15) is 0 Å². The first kappa shape index (κ1) is 13.1. The number of nitrogens with zero attached hydrogens (tertiary/aromatic N) is 1. The van der Waals surface area contributed by atoms with Gasteiger partial charge >= 0.3 is 0 Å². The quantitative estimate of drug-likeness (QED) is 0.685. The molecular weight excluding hydrogens is 200 g/mol. The van der Waals surface area contributed by atoms with Crippen molar-refractivity contribution in [3.05, 3.63) is 29.6 Å². The smallest absolute Gasteiger partial charge is 0.0544 e. The fourth-order valence-corrected chi connectivity index (χ4v) is 1.59. The van der Waals surface area contributed by atoms with Gasteiger partial charge in [-0.2, -0.15) is 0 Å². The number of methoxy groups -OCH3 is 1. The van der Waals surface area contributed by atoms with Crippen molar-refractivity contribution in [2.75, 3.05) is 20.3 Å². The maximum absolute atomic E-state index is 5.00. The van der Waals surface area contributed by atoms with Crippen LogP contribution in [0.4, 0.5) is 0 Å². The van der Waals surface area contributed by atoms with E-state index in [1.165, 1.54) is 12.8 Å². The lowest BCUT2D eigenvalue weighted by molar-refractivity contribution is 0.192. The summed E-state index contributed by atoms with van der Waals surface area (Å²) in [6.45, 7) is 4.82. The van der Waals surface area contributed by atoms with Crippen LogP contribution in [-0.2, 0) is 11.3 Å². The summed E-state index contributed by atoms with van der Waals surface area (Å²) in [4.78, 5) is 4.44. The summed E-state index contributed by atoms with van der Waals surface area (Å²) in [5.41, 5.74) is 2.20. The van der Waals surface area contributed by atoms with Crippen molar-refractivity contribution >= 4 is 0 Å². The summed E-state index contributed by atoms with van der Waals surface area (Å²) in [5.74, 6) is 0. The summed E-state index contributed by atoms with van der Waals surface area (Å²) in [7, 11) is 1.75. The van der Waals surface area contributed by atoms with Gasteiger partial charge in [0.1, 0.15) is 0 Å². The minimum absolute atomic E-state index is 0.867. The third-order valence-corrected chi connectivity index (χ3v) is 2.45. The average Bonchev–Trinajstić information content (AvgIpc) is 2.28. The number of rotatable bonds is 8. The highest BCUT2D eigenvalue weighted by Crippen LogP contribution is 1.98. The molecule has 0 saturated carbocycles. The van der Waals surface area contributed by atoms with Crippen LogP contribution < -0.4 is 5.32 Å². The van der Waals surface area contributed by atoms with Crippen molar-refractivity contribution < 1.29 is 4.74 Å². The average molecular weight is 222 g/mol. The monoisotopic (exact) mass is 222 g/mol. The van der Waals surface area contributed by atoms with Gasteiger partial charge in [-0.15, -0.1) is 0 Å². The Balaban J connectivity index is 2.03. The van der Waals surface area contributed by atoms with E-state index < -0.39 is 0 Å². The molecule has 3 heteroatoms. The molecule has 0 bridgehead atoms. The minimum atomic E-state index is 0.867. The number of hydrogen-bond donors (Lipinski definition) is 1. The van der Waals surface area contributed by atoms with Gasteiger partial charge in [0.15, 0.2) is 0 Å². The Morgan fingerprint density at radius 1 is 1.25 bits per heavy atom. The molecule has 1 aromatic heterocycles. The number of hydrogen-bond acceptors (Lipinski definition) is 3. The molecule has 1 rings (SSSR count). The van der Waals surface area contributed by atoms with Crippen LogP contribution in [0, 0.1) is 6.92 Å². The molecule has 0 radical (unpaired) electrons. The molecule has 0 fully saturated rings. The van der Waals surface area contributed by atoms with E-state index in [-0.39, 0.29) is 0 Å². The topological polar surface area (TPSA) is 34.1 Å². The molecule has 0 aliphatic heterocycles. The van der Waals surface area contributed by atoms with Crippen LogP contribution in [0.1, 0.15) is 30.7 Å². The van der Waals surface area contributed by atoms with Crippen molar-refractivity contribution in [1.82, 2.24) is 10.3 Å². The molecule has 1 N–H and O–H groups in total. The zero-order chi connectivity index (χ0) is 11.6. The lowest BCUT2D eigenvalue weighted by atomic mass is 10.2. The van der Waals surface area contributed by atoms with Gasteiger partial charge in [0.25, 0.3) is 0 Å². The molecule has 3 nitrogen and oxygen atoms in total. The molecule has 16 heavy (non-hydrogen) atoms. The van der Waals surface area contributed by atoms with Gasteiger partial charge in [-0.3, -0.25) is 4.98 Å². The minimum Gasteiger partial charge on any atom is -0.385 e. The van der Waals surface area contributed by atoms with Gasteiger partial charge in [0, 0.05) is 26.0 Å². The van der Waals surface area contributed by atoms with Crippen LogP contribution in [0.15, 0.2) is 18.2 Å². The predicted molar refractivity (Wildman–Crippen MR) is 66.4 cm³/mol. The van der Waals surface area contributed by atoms with Crippen LogP contribution in [0.2, 0.25) is 0 Å². The summed E-state index contributed by atoms with van der Waals surface area (Å²) < 4.78 is 5.00. The third kappa shape index (κ3) is 5.83. The summed E-state index contributed by atoms with van der Waals surface area (Å²) in [6, 6.07) is 6.14. The van der Waals surface area contributed by atoms with Crippen LogP contribution in [-0.4, -0.2) is 25.2 Å². The number of pyridine rings is 1. The summed E-state index contributed by atoms with van der Waals surface area (Å²) >= 11 is 0. The molecule has 1 aromatic rings. The number of unbranched alkanes of at least 4 members (excludes halogenated alkanes) is 2. The Kier molecular flexibility index (Phi) is 6.77. The van der Waals surface area contributed by atoms with Crippen molar-refractivity contribution in [3.63, 3.8) is 0 Å². The van der Waals surface area contributed by atoms with Gasteiger partial charge < -0.3 is 10.1 Å². The van der Waals surface area contributed by atoms with Crippen molar-refractivity contribution in [2.24, 2.45) is 0 Å². The lowest BCUT2D eigenvalue weighted by Crippen LogP contribution is -2.15. The lowest BCUT2D eigenvalue weighted by Gasteiger charge is -2.04. The maximum Gasteiger partial charge on any atom is 0.0544 e. The van der Waals surface area contributed by atoms with Crippen LogP contribution >= 0.6 is 0 Å². The molecule has 0 spiro atoms. The molecule has 1 heterocycles. The SMILES string of the molecule is COCCCCCNCc1cccc(C)n1. The van der Waals surface area contributed by atoms with E-state index in [0.29, 0.717) is 0 Å². The number of ether oxygens (including phenoxy) is 1. The van der Waals surface area contributed by atoms with E-state index in [1.807, 2.05) is 13.0 Å². The van der Waals surface area contributed by atoms with Crippen molar-refractivity contribution in [1.29, 1.82) is 0 Å². The zero-order valence-corrected chi connectivity index (χ0v) is 10.3. The first-order valence-corrected chi connectivity index (χ1v) is 5.95. The van der Waals surface area contributed by atoms with E-state index >= 15 is 0 Å². The third-order valence-electron chi connectivity index (χ3n) is 2.45. The Hall–Kier alpha value is -0.930. The largest absolute Gasteiger partial charge is 0.385 e. The second-order valence-electron chi connectivity index (χ2n) is 4.00. The highest BCUT2D eigenvalue weighted by Gasteiger charge is 1.94. The van der Waals surface area contributed by atoms with Crippen LogP contribution in [0.25, 0.3) is 0 Å². The van der Waals surface area contributed by atoms with Gasteiger partial charge in [-0.1, -0.05) is 6.07 Å². The van der Waals surface area contributed by atoms with E-state index in [0.717, 1.165) is 37.5 Å². The Labute approximate surface area is 98.2 Å². The summed E-state index contributed by atoms with van der Waals surface area (Å²) in [6.07, 6.45) is 3.58. The molecule has 0 aromatic carbocycles.